The minimum Gasteiger partial charge on any atom is -0.462 e. The molecule has 0 aromatic heterocycles. The maximum absolute atomic E-state index is 12.9. The van der Waals surface area contributed by atoms with Gasteiger partial charge in [-0.3, -0.25) is 14.4 Å². The van der Waals surface area contributed by atoms with Gasteiger partial charge in [0.05, 0.1) is 0 Å². The van der Waals surface area contributed by atoms with Crippen LogP contribution in [0.5, 0.6) is 0 Å². The molecular formula is C63H112O6. The van der Waals surface area contributed by atoms with Crippen LogP contribution < -0.4 is 0 Å². The fraction of sp³-hybridized carbons (Fsp3) is 0.794. The Morgan fingerprint density at radius 2 is 0.522 bits per heavy atom. The Morgan fingerprint density at radius 3 is 0.870 bits per heavy atom. The van der Waals surface area contributed by atoms with Gasteiger partial charge in [0.25, 0.3) is 0 Å². The molecule has 0 aliphatic carbocycles. The van der Waals surface area contributed by atoms with Gasteiger partial charge in [-0.1, -0.05) is 236 Å². The molecule has 0 saturated carbocycles. The molecule has 0 heterocycles. The van der Waals surface area contributed by atoms with Crippen molar-refractivity contribution >= 4 is 17.9 Å². The highest BCUT2D eigenvalue weighted by atomic mass is 16.6. The fourth-order valence-electron chi connectivity index (χ4n) is 8.44. The third-order valence-electron chi connectivity index (χ3n) is 13.0. The van der Waals surface area contributed by atoms with Crippen molar-refractivity contribution in [2.24, 2.45) is 0 Å². The lowest BCUT2D eigenvalue weighted by atomic mass is 10.1. The maximum atomic E-state index is 12.9. The molecule has 0 aromatic rings. The van der Waals surface area contributed by atoms with E-state index < -0.39 is 6.10 Å². The van der Waals surface area contributed by atoms with Gasteiger partial charge in [0.2, 0.25) is 0 Å². The van der Waals surface area contributed by atoms with Crippen LogP contribution in [0.25, 0.3) is 0 Å². The van der Waals surface area contributed by atoms with Crippen LogP contribution in [-0.4, -0.2) is 37.2 Å². The molecule has 0 radical (unpaired) electrons. The number of ether oxygens (including phenoxy) is 3. The quantitative estimate of drug-likeness (QED) is 0.0262. The van der Waals surface area contributed by atoms with Crippen LogP contribution in [0.1, 0.15) is 303 Å². The Balaban J connectivity index is 4.38. The van der Waals surface area contributed by atoms with Crippen molar-refractivity contribution in [1.82, 2.24) is 0 Å². The van der Waals surface area contributed by atoms with E-state index in [4.69, 9.17) is 14.2 Å². The predicted molar refractivity (Wildman–Crippen MR) is 298 cm³/mol. The number of carbonyl (C=O) groups excluding carboxylic acids is 3. The van der Waals surface area contributed by atoms with Crippen molar-refractivity contribution in [3.63, 3.8) is 0 Å². The highest BCUT2D eigenvalue weighted by molar-refractivity contribution is 5.71. The van der Waals surface area contributed by atoms with Gasteiger partial charge in [-0.15, -0.1) is 0 Å². The fourth-order valence-corrected chi connectivity index (χ4v) is 8.44. The second-order valence-corrected chi connectivity index (χ2v) is 19.9. The van der Waals surface area contributed by atoms with E-state index in [9.17, 15) is 14.4 Å². The summed E-state index contributed by atoms with van der Waals surface area (Å²) >= 11 is 0. The first-order chi connectivity index (χ1) is 34.0. The molecule has 0 saturated heterocycles. The molecule has 6 heteroatoms. The Bertz CT molecular complexity index is 1250. The van der Waals surface area contributed by atoms with Crippen molar-refractivity contribution in [1.29, 1.82) is 0 Å². The number of hydrogen-bond acceptors (Lipinski definition) is 6. The molecule has 69 heavy (non-hydrogen) atoms. The van der Waals surface area contributed by atoms with Gasteiger partial charge in [-0.05, 0) is 109 Å². The van der Waals surface area contributed by atoms with Gasteiger partial charge < -0.3 is 14.2 Å². The summed E-state index contributed by atoms with van der Waals surface area (Å²) in [6.45, 7) is 6.60. The highest BCUT2D eigenvalue weighted by Crippen LogP contribution is 2.15. The van der Waals surface area contributed by atoms with Crippen molar-refractivity contribution in [3.8, 4) is 0 Å². The molecule has 0 unspecified atom stereocenters. The molecular weight excluding hydrogens is 853 g/mol. The third kappa shape index (κ3) is 55.9. The van der Waals surface area contributed by atoms with Gasteiger partial charge >= 0.3 is 17.9 Å². The van der Waals surface area contributed by atoms with Crippen LogP contribution in [0.2, 0.25) is 0 Å². The van der Waals surface area contributed by atoms with Crippen molar-refractivity contribution in [3.05, 3.63) is 60.8 Å². The van der Waals surface area contributed by atoms with E-state index in [1.54, 1.807) is 0 Å². The third-order valence-corrected chi connectivity index (χ3v) is 13.0. The first kappa shape index (κ1) is 66.1. The van der Waals surface area contributed by atoms with Crippen molar-refractivity contribution < 1.29 is 28.6 Å². The summed E-state index contributed by atoms with van der Waals surface area (Å²) < 4.78 is 16.9. The van der Waals surface area contributed by atoms with Crippen molar-refractivity contribution in [2.75, 3.05) is 13.2 Å². The van der Waals surface area contributed by atoms with E-state index in [2.05, 4.69) is 81.5 Å². The summed E-state index contributed by atoms with van der Waals surface area (Å²) in [6, 6.07) is 0. The summed E-state index contributed by atoms with van der Waals surface area (Å²) in [5.74, 6) is -0.897. The van der Waals surface area contributed by atoms with E-state index >= 15 is 0 Å². The largest absolute Gasteiger partial charge is 0.462 e. The molecule has 0 bridgehead atoms. The van der Waals surface area contributed by atoms with Gasteiger partial charge in [-0.2, -0.15) is 0 Å². The number of rotatable bonds is 54. The van der Waals surface area contributed by atoms with Crippen LogP contribution in [0, 0.1) is 0 Å². The summed E-state index contributed by atoms with van der Waals surface area (Å²) in [6.07, 6.45) is 72.1. The Morgan fingerprint density at radius 1 is 0.290 bits per heavy atom. The number of carbonyl (C=O) groups is 3. The number of hydrogen-bond donors (Lipinski definition) is 0. The average molecular weight is 966 g/mol. The zero-order chi connectivity index (χ0) is 50.0. The van der Waals surface area contributed by atoms with Crippen LogP contribution in [0.15, 0.2) is 60.8 Å². The van der Waals surface area contributed by atoms with E-state index in [0.717, 1.165) is 83.5 Å². The first-order valence-corrected chi connectivity index (χ1v) is 29.8. The molecule has 0 rings (SSSR count). The number of unbranched alkanes of at least 4 members (excludes halogenated alkanes) is 33. The van der Waals surface area contributed by atoms with Crippen LogP contribution in [0.3, 0.4) is 0 Å². The SMILES string of the molecule is CCCCC/C=C\C/C=C\C/C=C\CCCCCCCCC(=O)OC[C@@H](COC(=O)CCCCCCC/C=C\CCCCCC)OC(=O)CCCCCCCCC/C=C\CCCCCCCCCC. The van der Waals surface area contributed by atoms with Gasteiger partial charge in [0, 0.05) is 19.3 Å². The lowest BCUT2D eigenvalue weighted by Crippen LogP contribution is -2.30. The lowest BCUT2D eigenvalue weighted by molar-refractivity contribution is -0.167. The Hall–Kier alpha value is -2.89. The molecule has 0 N–H and O–H groups in total. The Labute approximate surface area is 428 Å². The second-order valence-electron chi connectivity index (χ2n) is 19.9. The van der Waals surface area contributed by atoms with E-state index in [0.29, 0.717) is 19.3 Å². The van der Waals surface area contributed by atoms with Crippen molar-refractivity contribution in [2.45, 2.75) is 309 Å². The van der Waals surface area contributed by atoms with Gasteiger partial charge in [0.15, 0.2) is 6.10 Å². The monoisotopic (exact) mass is 965 g/mol. The summed E-state index contributed by atoms with van der Waals surface area (Å²) in [5, 5.41) is 0. The minimum atomic E-state index is -0.785. The van der Waals surface area contributed by atoms with Gasteiger partial charge in [-0.25, -0.2) is 0 Å². The standard InChI is InChI=1S/C63H112O6/c1-4-7-10-13-16-19-22-25-27-29-31-33-35-38-41-44-47-50-53-56-62(65)68-59-60(58-67-61(64)55-52-49-46-43-40-37-24-21-18-15-12-9-6-3)69-63(66)57-54-51-48-45-42-39-36-34-32-30-28-26-23-20-17-14-11-8-5-2/h16,19,21,24-25,27,30-33,60H,4-15,17-18,20,22-23,26,28-29,34-59H2,1-3H3/b19-16-,24-21-,27-25-,32-30-,33-31-/t60-/m1/s1. The molecule has 0 aliphatic heterocycles. The molecule has 0 aromatic carbocycles. The van der Waals surface area contributed by atoms with E-state index in [-0.39, 0.29) is 31.1 Å². The molecule has 6 nitrogen and oxygen atoms in total. The number of allylic oxidation sites excluding steroid dienone is 10. The molecule has 0 fully saturated rings. The average Bonchev–Trinajstić information content (AvgIpc) is 3.35. The summed E-state index contributed by atoms with van der Waals surface area (Å²) in [4.78, 5) is 38.2. The predicted octanol–water partition coefficient (Wildman–Crippen LogP) is 20.0. The first-order valence-electron chi connectivity index (χ1n) is 29.8. The topological polar surface area (TPSA) is 78.9 Å². The molecule has 0 amide bonds. The van der Waals surface area contributed by atoms with Gasteiger partial charge in [0.1, 0.15) is 13.2 Å². The summed E-state index contributed by atoms with van der Waals surface area (Å²) in [7, 11) is 0. The molecule has 400 valence electrons. The minimum absolute atomic E-state index is 0.0836. The molecule has 0 aliphatic rings. The Kier molecular flexibility index (Phi) is 55.3. The van der Waals surface area contributed by atoms with Crippen LogP contribution >= 0.6 is 0 Å². The van der Waals surface area contributed by atoms with Crippen LogP contribution in [-0.2, 0) is 28.6 Å². The van der Waals surface area contributed by atoms with E-state index in [1.165, 1.54) is 180 Å². The van der Waals surface area contributed by atoms with E-state index in [1.807, 2.05) is 0 Å². The molecule has 1 atom stereocenters. The highest BCUT2D eigenvalue weighted by Gasteiger charge is 2.19. The zero-order valence-electron chi connectivity index (χ0n) is 45.8. The maximum Gasteiger partial charge on any atom is 0.306 e. The second kappa shape index (κ2) is 57.7. The summed E-state index contributed by atoms with van der Waals surface area (Å²) in [5.41, 5.74) is 0. The molecule has 0 spiro atoms. The number of esters is 3. The lowest BCUT2D eigenvalue weighted by Gasteiger charge is -2.18. The zero-order valence-corrected chi connectivity index (χ0v) is 45.8. The van der Waals surface area contributed by atoms with Crippen LogP contribution in [0.4, 0.5) is 0 Å². The smallest absolute Gasteiger partial charge is 0.306 e. The normalized spacial score (nSPS) is 12.4.